The molecular formula is C16H26FN3O. The third-order valence-corrected chi connectivity index (χ3v) is 3.77. The van der Waals surface area contributed by atoms with E-state index >= 15 is 0 Å². The van der Waals surface area contributed by atoms with E-state index in [1.165, 1.54) is 18.2 Å². The first kappa shape index (κ1) is 17.4. The van der Waals surface area contributed by atoms with Crippen molar-refractivity contribution in [2.45, 2.75) is 33.6 Å². The summed E-state index contributed by atoms with van der Waals surface area (Å²) in [5.41, 5.74) is 6.05. The number of amides is 1. The molecule has 1 amide bonds. The van der Waals surface area contributed by atoms with Gasteiger partial charge in [-0.25, -0.2) is 4.39 Å². The van der Waals surface area contributed by atoms with Crippen LogP contribution in [0.2, 0.25) is 0 Å². The second kappa shape index (κ2) is 8.62. The Morgan fingerprint density at radius 2 is 2.00 bits per heavy atom. The molecule has 0 unspecified atom stereocenters. The van der Waals surface area contributed by atoms with Gasteiger partial charge >= 0.3 is 0 Å². The van der Waals surface area contributed by atoms with E-state index in [1.54, 1.807) is 0 Å². The number of rotatable bonds is 8. The van der Waals surface area contributed by atoms with Crippen LogP contribution in [0.3, 0.4) is 0 Å². The maximum Gasteiger partial charge on any atom is 0.238 e. The summed E-state index contributed by atoms with van der Waals surface area (Å²) in [5.74, 6) is 0.0324. The summed E-state index contributed by atoms with van der Waals surface area (Å²) >= 11 is 0. The van der Waals surface area contributed by atoms with Gasteiger partial charge in [-0.2, -0.15) is 0 Å². The molecule has 1 rings (SSSR count). The molecule has 1 aromatic carbocycles. The fraction of sp³-hybridized carbons (Fsp3) is 0.562. The van der Waals surface area contributed by atoms with Crippen molar-refractivity contribution in [3.05, 3.63) is 24.0 Å². The Hall–Kier alpha value is -1.62. The number of nitrogens with two attached hydrogens (primary N) is 1. The Morgan fingerprint density at radius 1 is 1.33 bits per heavy atom. The van der Waals surface area contributed by atoms with Crippen LogP contribution < -0.4 is 11.1 Å². The third kappa shape index (κ3) is 5.71. The van der Waals surface area contributed by atoms with Crippen molar-refractivity contribution in [2.24, 2.45) is 5.92 Å². The highest BCUT2D eigenvalue weighted by Gasteiger charge is 2.13. The molecule has 118 valence electrons. The van der Waals surface area contributed by atoms with Crippen LogP contribution in [-0.2, 0) is 4.79 Å². The standard InChI is InChI=1S/C16H26FN3O/c1-4-12(5-2)10-20(6-3)11-16(21)19-13-7-8-14(17)15(18)9-13/h7-9,12H,4-6,10-11,18H2,1-3H3,(H,19,21). The molecule has 0 saturated heterocycles. The third-order valence-electron chi connectivity index (χ3n) is 3.77. The van der Waals surface area contributed by atoms with Gasteiger partial charge in [-0.1, -0.05) is 33.6 Å². The van der Waals surface area contributed by atoms with Gasteiger partial charge in [0.2, 0.25) is 5.91 Å². The Morgan fingerprint density at radius 3 is 2.52 bits per heavy atom. The minimum absolute atomic E-state index is 0.0391. The summed E-state index contributed by atoms with van der Waals surface area (Å²) in [6, 6.07) is 4.21. The second-order valence-corrected chi connectivity index (χ2v) is 5.29. The van der Waals surface area contributed by atoms with Crippen LogP contribution in [0.15, 0.2) is 18.2 Å². The molecule has 1 aromatic rings. The first-order valence-corrected chi connectivity index (χ1v) is 7.57. The highest BCUT2D eigenvalue weighted by atomic mass is 19.1. The summed E-state index contributed by atoms with van der Waals surface area (Å²) in [6.45, 7) is 8.47. The zero-order valence-electron chi connectivity index (χ0n) is 13.2. The predicted octanol–water partition coefficient (Wildman–Crippen LogP) is 3.10. The van der Waals surface area contributed by atoms with E-state index in [4.69, 9.17) is 5.73 Å². The number of halogens is 1. The van der Waals surface area contributed by atoms with Crippen LogP contribution in [0.1, 0.15) is 33.6 Å². The number of hydrogen-bond donors (Lipinski definition) is 2. The summed E-state index contributed by atoms with van der Waals surface area (Å²) in [5, 5.41) is 2.76. The summed E-state index contributed by atoms with van der Waals surface area (Å²) in [4.78, 5) is 14.2. The minimum Gasteiger partial charge on any atom is -0.396 e. The topological polar surface area (TPSA) is 58.4 Å². The molecule has 0 saturated carbocycles. The second-order valence-electron chi connectivity index (χ2n) is 5.29. The van der Waals surface area contributed by atoms with Crippen molar-refractivity contribution in [3.63, 3.8) is 0 Å². The number of nitrogens with one attached hydrogen (secondary N) is 1. The Labute approximate surface area is 126 Å². The lowest BCUT2D eigenvalue weighted by atomic mass is 10.0. The van der Waals surface area contributed by atoms with Crippen molar-refractivity contribution >= 4 is 17.3 Å². The predicted molar refractivity (Wildman–Crippen MR) is 85.6 cm³/mol. The molecule has 3 N–H and O–H groups in total. The van der Waals surface area contributed by atoms with Gasteiger partial charge in [-0.3, -0.25) is 9.69 Å². The fourth-order valence-corrected chi connectivity index (χ4v) is 2.24. The summed E-state index contributed by atoms with van der Waals surface area (Å²) in [6.07, 6.45) is 2.23. The molecule has 0 spiro atoms. The maximum atomic E-state index is 13.1. The SMILES string of the molecule is CCC(CC)CN(CC)CC(=O)Nc1ccc(F)c(N)c1. The largest absolute Gasteiger partial charge is 0.396 e. The van der Waals surface area contributed by atoms with Gasteiger partial charge in [0.1, 0.15) is 5.82 Å². The quantitative estimate of drug-likeness (QED) is 0.725. The molecule has 4 nitrogen and oxygen atoms in total. The number of carbonyl (C=O) groups is 1. The van der Waals surface area contributed by atoms with E-state index in [2.05, 4.69) is 24.1 Å². The molecule has 0 radical (unpaired) electrons. The van der Waals surface area contributed by atoms with Crippen molar-refractivity contribution in [3.8, 4) is 0 Å². The van der Waals surface area contributed by atoms with Gasteiger partial charge in [0.15, 0.2) is 0 Å². The van der Waals surface area contributed by atoms with Gasteiger partial charge in [0.25, 0.3) is 0 Å². The molecule has 0 aliphatic heterocycles. The Bertz CT molecular complexity index is 461. The molecule has 0 bridgehead atoms. The molecule has 0 fully saturated rings. The number of benzene rings is 1. The average Bonchev–Trinajstić information content (AvgIpc) is 2.47. The van der Waals surface area contributed by atoms with Crippen molar-refractivity contribution in [1.29, 1.82) is 0 Å². The van der Waals surface area contributed by atoms with Crippen molar-refractivity contribution in [2.75, 3.05) is 30.7 Å². The Balaban J connectivity index is 2.56. The summed E-state index contributed by atoms with van der Waals surface area (Å²) in [7, 11) is 0. The zero-order valence-corrected chi connectivity index (χ0v) is 13.2. The monoisotopic (exact) mass is 295 g/mol. The zero-order chi connectivity index (χ0) is 15.8. The number of likely N-dealkylation sites (N-methyl/N-ethyl adjacent to an activating group) is 1. The number of carbonyl (C=O) groups excluding carboxylic acids is 1. The lowest BCUT2D eigenvalue weighted by Crippen LogP contribution is -2.36. The first-order chi connectivity index (χ1) is 9.99. The van der Waals surface area contributed by atoms with E-state index in [-0.39, 0.29) is 11.6 Å². The van der Waals surface area contributed by atoms with Crippen LogP contribution in [0.5, 0.6) is 0 Å². The number of nitrogens with zero attached hydrogens (tertiary/aromatic N) is 1. The fourth-order valence-electron chi connectivity index (χ4n) is 2.24. The lowest BCUT2D eigenvalue weighted by molar-refractivity contribution is -0.117. The van der Waals surface area contributed by atoms with E-state index < -0.39 is 5.82 Å². The molecule has 5 heteroatoms. The number of hydrogen-bond acceptors (Lipinski definition) is 3. The maximum absolute atomic E-state index is 13.1. The van der Waals surface area contributed by atoms with Gasteiger partial charge in [0.05, 0.1) is 12.2 Å². The van der Waals surface area contributed by atoms with Crippen LogP contribution in [0.4, 0.5) is 15.8 Å². The molecule has 0 heterocycles. The van der Waals surface area contributed by atoms with E-state index in [9.17, 15) is 9.18 Å². The number of nitrogen functional groups attached to an aromatic ring is 1. The summed E-state index contributed by atoms with van der Waals surface area (Å²) < 4.78 is 13.1. The van der Waals surface area contributed by atoms with Crippen LogP contribution >= 0.6 is 0 Å². The van der Waals surface area contributed by atoms with Crippen LogP contribution in [0.25, 0.3) is 0 Å². The molecular weight excluding hydrogens is 269 g/mol. The van der Waals surface area contributed by atoms with Crippen molar-refractivity contribution < 1.29 is 9.18 Å². The van der Waals surface area contributed by atoms with Gasteiger partial charge in [-0.15, -0.1) is 0 Å². The molecule has 0 aliphatic rings. The highest BCUT2D eigenvalue weighted by molar-refractivity contribution is 5.92. The Kier molecular flexibility index (Phi) is 7.15. The number of anilines is 2. The highest BCUT2D eigenvalue weighted by Crippen LogP contribution is 2.16. The van der Waals surface area contributed by atoms with Crippen molar-refractivity contribution in [1.82, 2.24) is 4.90 Å². The molecule has 0 aromatic heterocycles. The van der Waals surface area contributed by atoms with Gasteiger partial charge in [0, 0.05) is 12.2 Å². The first-order valence-electron chi connectivity index (χ1n) is 7.57. The van der Waals surface area contributed by atoms with E-state index in [0.29, 0.717) is 18.2 Å². The van der Waals surface area contributed by atoms with Gasteiger partial charge < -0.3 is 11.1 Å². The molecule has 0 atom stereocenters. The van der Waals surface area contributed by atoms with Crippen LogP contribution in [0, 0.1) is 11.7 Å². The van der Waals surface area contributed by atoms with Gasteiger partial charge in [-0.05, 0) is 30.7 Å². The minimum atomic E-state index is -0.475. The molecule has 0 aliphatic carbocycles. The smallest absolute Gasteiger partial charge is 0.238 e. The average molecular weight is 295 g/mol. The lowest BCUT2D eigenvalue weighted by Gasteiger charge is -2.24. The normalized spacial score (nSPS) is 11.1. The van der Waals surface area contributed by atoms with E-state index in [0.717, 1.165) is 25.9 Å². The van der Waals surface area contributed by atoms with E-state index in [1.807, 2.05) is 6.92 Å². The van der Waals surface area contributed by atoms with Crippen LogP contribution in [-0.4, -0.2) is 30.4 Å². The molecule has 21 heavy (non-hydrogen) atoms.